The molecule has 0 saturated heterocycles. The number of hydrogen-bond donors (Lipinski definition) is 1. The average molecular weight is 334 g/mol. The van der Waals surface area contributed by atoms with Crippen LogP contribution in [0.1, 0.15) is 16.2 Å². The fourth-order valence-corrected chi connectivity index (χ4v) is 1.99. The average Bonchev–Trinajstić information content (AvgIpc) is 3.08. The lowest BCUT2D eigenvalue weighted by molar-refractivity contribution is 0.0945. The Hall–Kier alpha value is -2.87. The second-order valence-electron chi connectivity index (χ2n) is 4.35. The third-order valence-corrected chi connectivity index (χ3v) is 3.11. The van der Waals surface area contributed by atoms with Crippen molar-refractivity contribution >= 4 is 17.5 Å². The van der Waals surface area contributed by atoms with E-state index in [0.717, 1.165) is 0 Å². The van der Waals surface area contributed by atoms with Crippen LogP contribution in [0.2, 0.25) is 5.15 Å². The first-order chi connectivity index (χ1) is 11.1. The molecule has 0 fully saturated rings. The third kappa shape index (κ3) is 3.32. The largest absolute Gasteiger partial charge is 0.443 e. The zero-order valence-corrected chi connectivity index (χ0v) is 12.3. The van der Waals surface area contributed by atoms with Crippen molar-refractivity contribution in [3.63, 3.8) is 0 Å². The van der Waals surface area contributed by atoms with E-state index >= 15 is 0 Å². The minimum absolute atomic E-state index is 0.0849. The molecule has 0 spiro atoms. The summed E-state index contributed by atoms with van der Waals surface area (Å²) in [6.45, 7) is -0.0923. The maximum atomic E-state index is 13.4. The number of halogens is 2. The Morgan fingerprint density at radius 3 is 2.87 bits per heavy atom. The lowest BCUT2D eigenvalue weighted by Crippen LogP contribution is -2.25. The predicted octanol–water partition coefficient (Wildman–Crippen LogP) is 2.25. The second-order valence-corrected chi connectivity index (χ2v) is 4.70. The van der Waals surface area contributed by atoms with E-state index < -0.39 is 11.7 Å². The van der Waals surface area contributed by atoms with E-state index in [2.05, 4.69) is 25.3 Å². The number of nitrogens with zero attached hydrogens (tertiary/aromatic N) is 4. The van der Waals surface area contributed by atoms with Crippen LogP contribution in [-0.2, 0) is 6.54 Å². The normalized spacial score (nSPS) is 10.5. The van der Waals surface area contributed by atoms with E-state index in [1.54, 1.807) is 0 Å². The van der Waals surface area contributed by atoms with Gasteiger partial charge in [-0.05, 0) is 12.1 Å². The number of hydrogen-bond acceptors (Lipinski definition) is 6. The van der Waals surface area contributed by atoms with Crippen LogP contribution in [0.3, 0.4) is 0 Å². The molecule has 0 aliphatic heterocycles. The predicted molar refractivity (Wildman–Crippen MR) is 77.9 cm³/mol. The third-order valence-electron chi connectivity index (χ3n) is 2.85. The molecule has 0 aliphatic carbocycles. The highest BCUT2D eigenvalue weighted by Crippen LogP contribution is 2.18. The highest BCUT2D eigenvalue weighted by atomic mass is 35.5. The molecule has 0 radical (unpaired) electrons. The highest BCUT2D eigenvalue weighted by molar-refractivity contribution is 6.32. The summed E-state index contributed by atoms with van der Waals surface area (Å²) in [5, 5.41) is 2.37. The van der Waals surface area contributed by atoms with Gasteiger partial charge in [-0.2, -0.15) is 0 Å². The van der Waals surface area contributed by atoms with E-state index in [1.165, 1.54) is 37.0 Å². The van der Waals surface area contributed by atoms with Crippen molar-refractivity contribution in [2.45, 2.75) is 6.54 Å². The molecule has 0 unspecified atom stereocenters. The van der Waals surface area contributed by atoms with Crippen molar-refractivity contribution in [3.05, 3.63) is 59.3 Å². The number of carbonyl (C=O) groups is 1. The Morgan fingerprint density at radius 2 is 2.17 bits per heavy atom. The smallest absolute Gasteiger partial charge is 0.273 e. The Labute approximate surface area is 134 Å². The van der Waals surface area contributed by atoms with Gasteiger partial charge in [0.25, 0.3) is 5.91 Å². The van der Waals surface area contributed by atoms with Gasteiger partial charge in [-0.3, -0.25) is 9.78 Å². The molecule has 0 atom stereocenters. The van der Waals surface area contributed by atoms with Crippen molar-refractivity contribution in [1.82, 2.24) is 25.3 Å². The summed E-state index contributed by atoms with van der Waals surface area (Å²) in [4.78, 5) is 27.8. The monoisotopic (exact) mass is 333 g/mol. The van der Waals surface area contributed by atoms with Crippen molar-refractivity contribution in [1.29, 1.82) is 0 Å². The molecule has 3 rings (SSSR count). The number of amides is 1. The van der Waals surface area contributed by atoms with Crippen molar-refractivity contribution < 1.29 is 13.6 Å². The van der Waals surface area contributed by atoms with E-state index in [-0.39, 0.29) is 29.0 Å². The number of oxazole rings is 1. The van der Waals surface area contributed by atoms with Gasteiger partial charge < -0.3 is 9.73 Å². The fraction of sp³-hybridized carbons (Fsp3) is 0.0714. The fourth-order valence-electron chi connectivity index (χ4n) is 1.77. The minimum atomic E-state index is -0.591. The summed E-state index contributed by atoms with van der Waals surface area (Å²) in [5.74, 6) is -0.863. The van der Waals surface area contributed by atoms with Crippen LogP contribution in [0.15, 0.2) is 41.4 Å². The van der Waals surface area contributed by atoms with Gasteiger partial charge in [0.2, 0.25) is 5.89 Å². The van der Waals surface area contributed by atoms with Crippen LogP contribution >= 0.6 is 11.6 Å². The summed E-state index contributed by atoms with van der Waals surface area (Å²) in [6, 6.07) is 2.72. The summed E-state index contributed by atoms with van der Waals surface area (Å²) >= 11 is 5.96. The van der Waals surface area contributed by atoms with Crippen molar-refractivity contribution in [3.8, 4) is 11.6 Å². The molecule has 9 heteroatoms. The van der Waals surface area contributed by atoms with E-state index in [1.807, 2.05) is 0 Å². The molecule has 3 aromatic rings. The summed E-state index contributed by atoms with van der Waals surface area (Å²) in [5.41, 5.74) is 0.326. The van der Waals surface area contributed by atoms with Crippen LogP contribution in [0.5, 0.6) is 0 Å². The van der Waals surface area contributed by atoms with Gasteiger partial charge in [0.1, 0.15) is 17.8 Å². The molecule has 0 bridgehead atoms. The number of rotatable bonds is 4. The maximum absolute atomic E-state index is 13.4. The van der Waals surface area contributed by atoms with Gasteiger partial charge in [-0.15, -0.1) is 0 Å². The van der Waals surface area contributed by atoms with Gasteiger partial charge in [0.15, 0.2) is 10.8 Å². The first-order valence-corrected chi connectivity index (χ1v) is 6.83. The molecule has 116 valence electrons. The summed E-state index contributed by atoms with van der Waals surface area (Å²) < 4.78 is 18.5. The number of carbonyl (C=O) groups excluding carboxylic acids is 1. The molecular formula is C14H9ClFN5O2. The first-order valence-electron chi connectivity index (χ1n) is 6.45. The lowest BCUT2D eigenvalue weighted by Gasteiger charge is -2.06. The van der Waals surface area contributed by atoms with Gasteiger partial charge in [0, 0.05) is 6.20 Å². The highest BCUT2D eigenvalue weighted by Gasteiger charge is 2.16. The molecule has 0 aromatic carbocycles. The molecule has 1 N–H and O–H groups in total. The van der Waals surface area contributed by atoms with Crippen LogP contribution in [0, 0.1) is 5.82 Å². The number of pyridine rings is 1. The van der Waals surface area contributed by atoms with E-state index in [0.29, 0.717) is 5.69 Å². The zero-order valence-electron chi connectivity index (χ0n) is 11.5. The molecule has 3 aromatic heterocycles. The maximum Gasteiger partial charge on any atom is 0.273 e. The van der Waals surface area contributed by atoms with Gasteiger partial charge in [0.05, 0.1) is 24.6 Å². The molecule has 23 heavy (non-hydrogen) atoms. The summed E-state index contributed by atoms with van der Waals surface area (Å²) in [6.07, 6.45) is 5.58. The van der Waals surface area contributed by atoms with Gasteiger partial charge in [-0.1, -0.05) is 11.6 Å². The molecule has 7 nitrogen and oxygen atoms in total. The molecule has 0 aliphatic rings. The van der Waals surface area contributed by atoms with E-state index in [9.17, 15) is 9.18 Å². The Bertz CT molecular complexity index is 841. The van der Waals surface area contributed by atoms with Crippen LogP contribution in [0.4, 0.5) is 4.39 Å². The molecule has 3 heterocycles. The van der Waals surface area contributed by atoms with Crippen LogP contribution in [0.25, 0.3) is 11.6 Å². The second kappa shape index (κ2) is 6.49. The number of nitrogens with one attached hydrogen (secondary N) is 1. The minimum Gasteiger partial charge on any atom is -0.443 e. The molecular weight excluding hydrogens is 325 g/mol. The zero-order chi connectivity index (χ0) is 16.2. The lowest BCUT2D eigenvalue weighted by atomic mass is 10.3. The van der Waals surface area contributed by atoms with Gasteiger partial charge >= 0.3 is 0 Å². The van der Waals surface area contributed by atoms with Crippen molar-refractivity contribution in [2.24, 2.45) is 0 Å². The van der Waals surface area contributed by atoms with Crippen molar-refractivity contribution in [2.75, 3.05) is 0 Å². The topological polar surface area (TPSA) is 93.8 Å². The Balaban J connectivity index is 1.74. The van der Waals surface area contributed by atoms with E-state index in [4.69, 9.17) is 16.0 Å². The quantitative estimate of drug-likeness (QED) is 0.787. The first kappa shape index (κ1) is 15.0. The number of aromatic nitrogens is 4. The molecule has 1 amide bonds. The Morgan fingerprint density at radius 1 is 1.30 bits per heavy atom. The Kier molecular flexibility index (Phi) is 4.24. The standard InChI is InChI=1S/C14H9ClFN5O2/c15-12-11(19-7-10(21-12)14-18-4-5-23-14)13(22)20-6-9-8(16)2-1-3-17-9/h1-5,7H,6H2,(H,20,22). The van der Waals surface area contributed by atoms with Crippen LogP contribution in [-0.4, -0.2) is 25.8 Å². The SMILES string of the molecule is O=C(NCc1ncccc1F)c1ncc(-c2ncco2)nc1Cl. The summed E-state index contributed by atoms with van der Waals surface area (Å²) in [7, 11) is 0. The van der Waals surface area contributed by atoms with Crippen LogP contribution < -0.4 is 5.32 Å². The molecule has 0 saturated carbocycles. The van der Waals surface area contributed by atoms with Gasteiger partial charge in [-0.25, -0.2) is 19.3 Å².